The highest BCUT2D eigenvalue weighted by molar-refractivity contribution is 7.71. The number of benzene rings is 1. The molecule has 1 rings (SSSR count). The summed E-state index contributed by atoms with van der Waals surface area (Å²) in [5, 5.41) is 2.15. The van der Waals surface area contributed by atoms with Gasteiger partial charge in [0.1, 0.15) is 0 Å². The quantitative estimate of drug-likeness (QED) is 0.646. The summed E-state index contributed by atoms with van der Waals surface area (Å²) < 4.78 is 20.1. The monoisotopic (exact) mass is 202 g/mol. The van der Waals surface area contributed by atoms with E-state index in [1.54, 1.807) is 12.1 Å². The van der Waals surface area contributed by atoms with Gasteiger partial charge in [0.15, 0.2) is 0 Å². The normalized spacial score (nSPS) is 7.67. The van der Waals surface area contributed by atoms with E-state index < -0.39 is 10.3 Å². The summed E-state index contributed by atoms with van der Waals surface area (Å²) in [6, 6.07) is 9.15. The van der Waals surface area contributed by atoms with Gasteiger partial charge in [-0.2, -0.15) is 8.42 Å². The molecule has 0 bridgehead atoms. The fraction of sp³-hybridized carbons (Fsp3) is 0. The van der Waals surface area contributed by atoms with Gasteiger partial charge in [-0.1, -0.05) is 30.3 Å². The summed E-state index contributed by atoms with van der Waals surface area (Å²) in [7, 11) is -2.22. The third-order valence-electron chi connectivity index (χ3n) is 1.12. The van der Waals surface area contributed by atoms with Crippen molar-refractivity contribution in [2.45, 2.75) is 0 Å². The van der Waals surface area contributed by atoms with Crippen molar-refractivity contribution in [2.75, 3.05) is 0 Å². The van der Waals surface area contributed by atoms with E-state index in [0.29, 0.717) is 0 Å². The molecule has 0 saturated heterocycles. The van der Waals surface area contributed by atoms with E-state index in [4.69, 9.17) is 0 Å². The Hall–Kier alpha value is -1.02. The zero-order valence-electron chi connectivity index (χ0n) is 6.10. The average molecular weight is 203 g/mol. The van der Waals surface area contributed by atoms with Gasteiger partial charge in [0.2, 0.25) is 0 Å². The number of halogens is 1. The zero-order valence-corrected chi connectivity index (χ0v) is 7.73. The lowest BCUT2D eigenvalue weighted by molar-refractivity contribution is 0.627. The van der Waals surface area contributed by atoms with Crippen LogP contribution in [0.25, 0.3) is 6.08 Å². The molecule has 0 unspecified atom stereocenters. The van der Waals surface area contributed by atoms with Crippen molar-refractivity contribution in [1.29, 1.82) is 0 Å². The molecule has 0 saturated carbocycles. The minimum absolute atomic E-state index is 0. The molecular formula is C8H7ClO2S. The Morgan fingerprint density at radius 1 is 1.17 bits per heavy atom. The summed E-state index contributed by atoms with van der Waals surface area (Å²) in [4.78, 5) is 0. The van der Waals surface area contributed by atoms with E-state index >= 15 is 0 Å². The summed E-state index contributed by atoms with van der Waals surface area (Å²) in [6.07, 6.45) is 1.42. The first-order chi connectivity index (χ1) is 5.29. The van der Waals surface area contributed by atoms with E-state index in [1.807, 2.05) is 18.2 Å². The molecule has 2 nitrogen and oxygen atoms in total. The van der Waals surface area contributed by atoms with E-state index in [9.17, 15) is 8.42 Å². The van der Waals surface area contributed by atoms with Crippen molar-refractivity contribution in [3.05, 3.63) is 35.9 Å². The molecule has 0 aliphatic carbocycles. The van der Waals surface area contributed by atoms with Gasteiger partial charge in [-0.25, -0.2) is 0 Å². The molecule has 0 N–H and O–H groups in total. The minimum Gasteiger partial charge on any atom is -0.176 e. The predicted molar refractivity (Wildman–Crippen MR) is 52.1 cm³/mol. The van der Waals surface area contributed by atoms with Crippen LogP contribution in [0, 0.1) is 0 Å². The standard InChI is InChI=1S/C8H6O2S.ClH/c9-11(10)7-6-8-4-2-1-3-5-8;/h1-6H;1H. The lowest BCUT2D eigenvalue weighted by Gasteiger charge is -1.84. The van der Waals surface area contributed by atoms with Crippen molar-refractivity contribution in [3.8, 4) is 0 Å². The summed E-state index contributed by atoms with van der Waals surface area (Å²) in [5.41, 5.74) is 0.830. The van der Waals surface area contributed by atoms with Gasteiger partial charge in [-0.3, -0.25) is 0 Å². The Labute approximate surface area is 78.5 Å². The molecule has 0 aliphatic rings. The lowest BCUT2D eigenvalue weighted by Crippen LogP contribution is -1.68. The van der Waals surface area contributed by atoms with Crippen LogP contribution in [-0.4, -0.2) is 13.4 Å². The molecular weight excluding hydrogens is 196 g/mol. The molecule has 0 aromatic heterocycles. The second-order valence-electron chi connectivity index (χ2n) is 1.91. The topological polar surface area (TPSA) is 34.1 Å². The van der Waals surface area contributed by atoms with Crippen molar-refractivity contribution >= 4 is 33.8 Å². The molecule has 0 atom stereocenters. The van der Waals surface area contributed by atoms with Crippen molar-refractivity contribution in [3.63, 3.8) is 0 Å². The predicted octanol–water partition coefficient (Wildman–Crippen LogP) is 1.40. The van der Waals surface area contributed by atoms with E-state index in [0.717, 1.165) is 5.56 Å². The third-order valence-corrected chi connectivity index (χ3v) is 1.43. The Balaban J connectivity index is 0.00000121. The molecule has 64 valence electrons. The van der Waals surface area contributed by atoms with Gasteiger partial charge in [0.25, 0.3) is 10.3 Å². The highest BCUT2D eigenvalue weighted by Crippen LogP contribution is 1.97. The van der Waals surface area contributed by atoms with Crippen LogP contribution < -0.4 is 0 Å². The first-order valence-electron chi connectivity index (χ1n) is 3.03. The largest absolute Gasteiger partial charge is 0.260 e. The van der Waals surface area contributed by atoms with Crippen LogP contribution in [0.4, 0.5) is 0 Å². The third kappa shape index (κ3) is 3.98. The van der Waals surface area contributed by atoms with Gasteiger partial charge in [0.05, 0.1) is 0 Å². The Kier molecular flexibility index (Phi) is 5.13. The number of hydrogen-bond donors (Lipinski definition) is 0. The SMILES string of the molecule is Cl.O=S(=O)=C=Cc1ccccc1. The van der Waals surface area contributed by atoms with Crippen LogP contribution in [0.5, 0.6) is 0 Å². The second kappa shape index (κ2) is 5.61. The Morgan fingerprint density at radius 2 is 1.75 bits per heavy atom. The molecule has 0 fully saturated rings. The van der Waals surface area contributed by atoms with E-state index in [-0.39, 0.29) is 12.4 Å². The van der Waals surface area contributed by atoms with Crippen molar-refractivity contribution < 1.29 is 8.42 Å². The van der Waals surface area contributed by atoms with Gasteiger partial charge in [-0.15, -0.1) is 12.4 Å². The molecule has 0 amide bonds. The zero-order chi connectivity index (χ0) is 8.10. The van der Waals surface area contributed by atoms with Crippen LogP contribution >= 0.6 is 12.4 Å². The first kappa shape index (κ1) is 11.0. The maximum absolute atomic E-state index is 10.0. The van der Waals surface area contributed by atoms with Gasteiger partial charge >= 0.3 is 0 Å². The second-order valence-corrected chi connectivity index (χ2v) is 2.61. The molecule has 12 heavy (non-hydrogen) atoms. The fourth-order valence-corrected chi connectivity index (χ4v) is 0.898. The van der Waals surface area contributed by atoms with Crippen LogP contribution in [0.2, 0.25) is 0 Å². The Morgan fingerprint density at radius 3 is 2.25 bits per heavy atom. The summed E-state index contributed by atoms with van der Waals surface area (Å²) in [5.74, 6) is 0. The molecule has 0 heterocycles. The molecule has 0 spiro atoms. The van der Waals surface area contributed by atoms with Crippen LogP contribution in [0.15, 0.2) is 30.3 Å². The maximum atomic E-state index is 10.0. The highest BCUT2D eigenvalue weighted by Gasteiger charge is 1.79. The number of rotatable bonds is 1. The van der Waals surface area contributed by atoms with Crippen molar-refractivity contribution in [1.82, 2.24) is 0 Å². The lowest BCUT2D eigenvalue weighted by atomic mass is 10.2. The van der Waals surface area contributed by atoms with Crippen molar-refractivity contribution in [2.24, 2.45) is 0 Å². The van der Waals surface area contributed by atoms with E-state index in [2.05, 4.69) is 5.02 Å². The minimum atomic E-state index is -2.22. The van der Waals surface area contributed by atoms with Gasteiger partial charge in [-0.05, 0) is 5.56 Å². The van der Waals surface area contributed by atoms with Crippen LogP contribution in [0.1, 0.15) is 5.56 Å². The molecule has 4 heteroatoms. The molecule has 1 aromatic rings. The Bertz CT molecular complexity index is 380. The molecule has 0 radical (unpaired) electrons. The van der Waals surface area contributed by atoms with Gasteiger partial charge in [0, 0.05) is 11.1 Å². The number of hydrogen-bond acceptors (Lipinski definition) is 2. The average Bonchev–Trinajstić information content (AvgIpc) is 2.03. The van der Waals surface area contributed by atoms with Crippen LogP contribution in [0.3, 0.4) is 0 Å². The highest BCUT2D eigenvalue weighted by atomic mass is 35.5. The molecule has 0 aliphatic heterocycles. The summed E-state index contributed by atoms with van der Waals surface area (Å²) >= 11 is 0. The van der Waals surface area contributed by atoms with Gasteiger partial charge < -0.3 is 0 Å². The smallest absolute Gasteiger partial charge is 0.176 e. The van der Waals surface area contributed by atoms with Crippen LogP contribution in [-0.2, 0) is 10.3 Å². The molecule has 1 aromatic carbocycles. The maximum Gasteiger partial charge on any atom is 0.260 e. The van der Waals surface area contributed by atoms with E-state index in [1.165, 1.54) is 6.08 Å². The first-order valence-corrected chi connectivity index (χ1v) is 4.10. The summed E-state index contributed by atoms with van der Waals surface area (Å²) in [6.45, 7) is 0. The fourth-order valence-electron chi connectivity index (χ4n) is 0.665.